The average molecular weight is 393 g/mol. The number of amides is 1. The molecule has 0 saturated heterocycles. The van der Waals surface area contributed by atoms with Crippen molar-refractivity contribution in [2.75, 3.05) is 7.11 Å². The van der Waals surface area contributed by atoms with Crippen LogP contribution in [0.5, 0.6) is 5.75 Å². The van der Waals surface area contributed by atoms with Crippen LogP contribution in [0.4, 0.5) is 0 Å². The molecule has 0 unspecified atom stereocenters. The predicted octanol–water partition coefficient (Wildman–Crippen LogP) is 3.59. The molecule has 6 heteroatoms. The summed E-state index contributed by atoms with van der Waals surface area (Å²) in [6.07, 6.45) is 5.24. The van der Waals surface area contributed by atoms with Crippen LogP contribution in [-0.2, 0) is 44.2 Å². The highest BCUT2D eigenvalue weighted by molar-refractivity contribution is 5.79. The van der Waals surface area contributed by atoms with Crippen LogP contribution >= 0.6 is 0 Å². The first kappa shape index (κ1) is 19.3. The zero-order chi connectivity index (χ0) is 20.4. The quantitative estimate of drug-likeness (QED) is 0.615. The monoisotopic (exact) mass is 393 g/mol. The Morgan fingerprint density at radius 3 is 2.86 bits per heavy atom. The maximum absolute atomic E-state index is 13.2. The zero-order valence-electron chi connectivity index (χ0n) is 17.3. The van der Waals surface area contributed by atoms with E-state index in [0.717, 1.165) is 47.6 Å². The molecule has 29 heavy (non-hydrogen) atoms. The Bertz CT molecular complexity index is 1000. The lowest BCUT2D eigenvalue weighted by atomic mass is 10.1. The van der Waals surface area contributed by atoms with Crippen LogP contribution in [0.3, 0.4) is 0 Å². The van der Waals surface area contributed by atoms with Gasteiger partial charge in [-0.25, -0.2) is 0 Å². The molecule has 1 amide bonds. The summed E-state index contributed by atoms with van der Waals surface area (Å²) < 4.78 is 12.8. The van der Waals surface area contributed by atoms with Crippen LogP contribution in [0.2, 0.25) is 0 Å². The summed E-state index contributed by atoms with van der Waals surface area (Å²) in [6, 6.07) is 9.64. The van der Waals surface area contributed by atoms with Gasteiger partial charge >= 0.3 is 0 Å². The Labute approximate surface area is 171 Å². The summed E-state index contributed by atoms with van der Waals surface area (Å²) in [4.78, 5) is 15.1. The standard InChI is InChI=1S/C23H27N3O3/c1-16-12-17(9-10-22(16)28-3)13-23(27)26(14-18-6-5-11-29-18)15-20-19-7-4-8-21(19)25(2)24-20/h5-6,9-12H,4,7-8,13-15H2,1-3H3. The van der Waals surface area contributed by atoms with Gasteiger partial charge in [0, 0.05) is 12.7 Å². The first-order valence-electron chi connectivity index (χ1n) is 10.0. The van der Waals surface area contributed by atoms with E-state index in [2.05, 4.69) is 0 Å². The minimum Gasteiger partial charge on any atom is -0.496 e. The van der Waals surface area contributed by atoms with Crippen LogP contribution in [0.1, 0.15) is 40.3 Å². The number of aryl methyl sites for hydroxylation is 2. The van der Waals surface area contributed by atoms with Crippen LogP contribution in [-0.4, -0.2) is 27.7 Å². The van der Waals surface area contributed by atoms with E-state index in [4.69, 9.17) is 14.3 Å². The average Bonchev–Trinajstić information content (AvgIpc) is 3.43. The van der Waals surface area contributed by atoms with Gasteiger partial charge in [0.2, 0.25) is 5.91 Å². The van der Waals surface area contributed by atoms with E-state index in [-0.39, 0.29) is 5.91 Å². The molecule has 0 spiro atoms. The maximum atomic E-state index is 13.2. The molecule has 0 radical (unpaired) electrons. The van der Waals surface area contributed by atoms with E-state index >= 15 is 0 Å². The zero-order valence-corrected chi connectivity index (χ0v) is 17.3. The van der Waals surface area contributed by atoms with Crippen molar-refractivity contribution in [1.29, 1.82) is 0 Å². The number of ether oxygens (including phenoxy) is 1. The van der Waals surface area contributed by atoms with Gasteiger partial charge in [-0.1, -0.05) is 12.1 Å². The van der Waals surface area contributed by atoms with Crippen molar-refractivity contribution in [3.8, 4) is 5.75 Å². The topological polar surface area (TPSA) is 60.5 Å². The van der Waals surface area contributed by atoms with Crippen LogP contribution in [0, 0.1) is 6.92 Å². The van der Waals surface area contributed by atoms with Gasteiger partial charge in [0.05, 0.1) is 38.6 Å². The fourth-order valence-electron chi connectivity index (χ4n) is 4.17. The van der Waals surface area contributed by atoms with Gasteiger partial charge in [0.1, 0.15) is 11.5 Å². The molecule has 2 aromatic heterocycles. The molecule has 0 saturated carbocycles. The number of hydrogen-bond acceptors (Lipinski definition) is 4. The van der Waals surface area contributed by atoms with E-state index in [1.165, 1.54) is 11.3 Å². The van der Waals surface area contributed by atoms with E-state index in [0.29, 0.717) is 19.5 Å². The molecule has 0 N–H and O–H groups in total. The minimum atomic E-state index is 0.0587. The second-order valence-electron chi connectivity index (χ2n) is 7.66. The number of furan rings is 1. The highest BCUT2D eigenvalue weighted by Crippen LogP contribution is 2.26. The SMILES string of the molecule is COc1ccc(CC(=O)N(Cc2ccco2)Cc2nn(C)c3c2CCC3)cc1C. The lowest BCUT2D eigenvalue weighted by Crippen LogP contribution is -2.32. The first-order chi connectivity index (χ1) is 14.0. The van der Waals surface area contributed by atoms with E-state index < -0.39 is 0 Å². The molecule has 1 aliphatic rings. The van der Waals surface area contributed by atoms with E-state index in [1.54, 1.807) is 13.4 Å². The van der Waals surface area contributed by atoms with Crippen molar-refractivity contribution in [3.05, 3.63) is 70.4 Å². The summed E-state index contributed by atoms with van der Waals surface area (Å²) >= 11 is 0. The third-order valence-corrected chi connectivity index (χ3v) is 5.63. The maximum Gasteiger partial charge on any atom is 0.227 e. The minimum absolute atomic E-state index is 0.0587. The highest BCUT2D eigenvalue weighted by Gasteiger charge is 2.24. The number of benzene rings is 1. The number of carbonyl (C=O) groups is 1. The van der Waals surface area contributed by atoms with Gasteiger partial charge in [-0.15, -0.1) is 0 Å². The third kappa shape index (κ3) is 4.06. The number of rotatable bonds is 7. The van der Waals surface area contributed by atoms with Gasteiger partial charge in [0.25, 0.3) is 0 Å². The van der Waals surface area contributed by atoms with Crippen molar-refractivity contribution in [2.45, 2.75) is 45.7 Å². The Hall–Kier alpha value is -3.02. The van der Waals surface area contributed by atoms with Crippen molar-refractivity contribution in [1.82, 2.24) is 14.7 Å². The fourth-order valence-corrected chi connectivity index (χ4v) is 4.17. The number of fused-ring (bicyclic) bond motifs is 1. The largest absolute Gasteiger partial charge is 0.496 e. The molecular formula is C23H27N3O3. The lowest BCUT2D eigenvalue weighted by Gasteiger charge is -2.22. The van der Waals surface area contributed by atoms with Crippen molar-refractivity contribution >= 4 is 5.91 Å². The van der Waals surface area contributed by atoms with Crippen LogP contribution in [0.15, 0.2) is 41.0 Å². The molecule has 2 heterocycles. The highest BCUT2D eigenvalue weighted by atomic mass is 16.5. The lowest BCUT2D eigenvalue weighted by molar-refractivity contribution is -0.132. The smallest absolute Gasteiger partial charge is 0.227 e. The predicted molar refractivity (Wildman–Crippen MR) is 110 cm³/mol. The molecule has 4 rings (SSSR count). The molecule has 3 aromatic rings. The molecule has 0 fully saturated rings. The molecule has 6 nitrogen and oxygen atoms in total. The Morgan fingerprint density at radius 2 is 2.14 bits per heavy atom. The van der Waals surface area contributed by atoms with Crippen LogP contribution < -0.4 is 4.74 Å². The normalized spacial score (nSPS) is 12.8. The molecule has 0 bridgehead atoms. The van der Waals surface area contributed by atoms with Crippen molar-refractivity contribution in [3.63, 3.8) is 0 Å². The van der Waals surface area contributed by atoms with Gasteiger partial charge in [0.15, 0.2) is 0 Å². The molecule has 1 aliphatic carbocycles. The van der Waals surface area contributed by atoms with Gasteiger partial charge in [-0.2, -0.15) is 5.10 Å². The number of methoxy groups -OCH3 is 1. The number of carbonyl (C=O) groups excluding carboxylic acids is 1. The summed E-state index contributed by atoms with van der Waals surface area (Å²) in [5.74, 6) is 1.66. The summed E-state index contributed by atoms with van der Waals surface area (Å²) in [7, 11) is 3.65. The summed E-state index contributed by atoms with van der Waals surface area (Å²) in [5.41, 5.74) is 5.62. The van der Waals surface area contributed by atoms with Crippen molar-refractivity contribution < 1.29 is 13.9 Å². The Morgan fingerprint density at radius 1 is 1.28 bits per heavy atom. The van der Waals surface area contributed by atoms with Gasteiger partial charge < -0.3 is 14.1 Å². The van der Waals surface area contributed by atoms with Gasteiger partial charge in [-0.3, -0.25) is 9.48 Å². The molecule has 0 atom stereocenters. The number of nitrogens with zero attached hydrogens (tertiary/aromatic N) is 3. The molecule has 0 aliphatic heterocycles. The van der Waals surface area contributed by atoms with Crippen LogP contribution in [0.25, 0.3) is 0 Å². The van der Waals surface area contributed by atoms with Gasteiger partial charge in [-0.05, 0) is 61.1 Å². The second kappa shape index (κ2) is 8.15. The summed E-state index contributed by atoms with van der Waals surface area (Å²) in [5, 5.41) is 4.70. The molecule has 152 valence electrons. The van der Waals surface area contributed by atoms with Crippen molar-refractivity contribution in [2.24, 2.45) is 7.05 Å². The third-order valence-electron chi connectivity index (χ3n) is 5.63. The Balaban J connectivity index is 1.56. The summed E-state index contributed by atoms with van der Waals surface area (Å²) in [6.45, 7) is 2.93. The Kier molecular flexibility index (Phi) is 5.43. The molecule has 1 aromatic carbocycles. The second-order valence-corrected chi connectivity index (χ2v) is 7.66. The molecular weight excluding hydrogens is 366 g/mol. The first-order valence-corrected chi connectivity index (χ1v) is 10.0. The number of hydrogen-bond donors (Lipinski definition) is 0. The van der Waals surface area contributed by atoms with E-state index in [9.17, 15) is 4.79 Å². The number of aromatic nitrogens is 2. The van der Waals surface area contributed by atoms with E-state index in [1.807, 2.05) is 53.9 Å². The fraction of sp³-hybridized carbons (Fsp3) is 0.391.